The lowest BCUT2D eigenvalue weighted by molar-refractivity contribution is 0.480. The van der Waals surface area contributed by atoms with Gasteiger partial charge in [-0.3, -0.25) is 4.98 Å². The minimum absolute atomic E-state index is 0.188. The molecule has 5 aromatic rings. The molecule has 0 aliphatic heterocycles. The summed E-state index contributed by atoms with van der Waals surface area (Å²) in [7, 11) is 0. The maximum Gasteiger partial charge on any atom is 0.154 e. The van der Waals surface area contributed by atoms with E-state index in [0.29, 0.717) is 0 Å². The van der Waals surface area contributed by atoms with E-state index in [4.69, 9.17) is 5.10 Å². The molecule has 2 N–H and O–H groups in total. The van der Waals surface area contributed by atoms with E-state index in [9.17, 15) is 5.11 Å². The molecule has 0 bridgehead atoms. The minimum Gasteiger partial charge on any atom is -0.505 e. The average molecular weight is 387 g/mol. The highest BCUT2D eigenvalue weighted by atomic mass is 32.1. The summed E-state index contributed by atoms with van der Waals surface area (Å²) in [6, 6.07) is 12.1. The van der Waals surface area contributed by atoms with Gasteiger partial charge in [0.2, 0.25) is 0 Å². The van der Waals surface area contributed by atoms with Gasteiger partial charge >= 0.3 is 0 Å². The van der Waals surface area contributed by atoms with Gasteiger partial charge in [0.25, 0.3) is 0 Å². The molecule has 138 valence electrons. The molecule has 0 aliphatic rings. The third-order valence-corrected chi connectivity index (χ3v) is 5.99. The summed E-state index contributed by atoms with van der Waals surface area (Å²) < 4.78 is 2.63. The van der Waals surface area contributed by atoms with Crippen molar-refractivity contribution >= 4 is 38.6 Å². The van der Waals surface area contributed by atoms with Gasteiger partial charge in [0.15, 0.2) is 17.2 Å². The summed E-state index contributed by atoms with van der Waals surface area (Å²) in [6.07, 6.45) is 5.01. The first kappa shape index (κ1) is 16.7. The van der Waals surface area contributed by atoms with E-state index in [1.165, 1.54) is 28.7 Å². The largest absolute Gasteiger partial charge is 0.505 e. The lowest BCUT2D eigenvalue weighted by Gasteiger charge is -2.08. The van der Waals surface area contributed by atoms with Crippen LogP contribution in [0.2, 0.25) is 0 Å². The highest BCUT2D eigenvalue weighted by molar-refractivity contribution is 7.22. The number of aryl methyl sites for hydroxylation is 2. The van der Waals surface area contributed by atoms with Gasteiger partial charge < -0.3 is 10.4 Å². The first-order valence-corrected chi connectivity index (χ1v) is 9.66. The van der Waals surface area contributed by atoms with E-state index >= 15 is 0 Å². The van der Waals surface area contributed by atoms with Crippen molar-refractivity contribution < 1.29 is 5.11 Å². The number of nitrogens with zero attached hydrogens (tertiary/aromatic N) is 4. The number of thiophene rings is 1. The summed E-state index contributed by atoms with van der Waals surface area (Å²) in [5.41, 5.74) is 5.12. The van der Waals surface area contributed by atoms with Crippen LogP contribution in [0.15, 0.2) is 55.0 Å². The average Bonchev–Trinajstić information content (AvgIpc) is 3.29. The van der Waals surface area contributed by atoms with Crippen molar-refractivity contribution in [2.24, 2.45) is 0 Å². The lowest BCUT2D eigenvalue weighted by Crippen LogP contribution is -2.00. The number of fused-ring (bicyclic) bond motifs is 2. The molecule has 0 radical (unpaired) electrons. The van der Waals surface area contributed by atoms with Gasteiger partial charge in [0, 0.05) is 17.3 Å². The predicted octanol–water partition coefficient (Wildman–Crippen LogP) is 5.07. The summed E-state index contributed by atoms with van der Waals surface area (Å²) in [4.78, 5) is 9.49. The number of nitrogens with one attached hydrogen (secondary N) is 1. The van der Waals surface area contributed by atoms with Crippen LogP contribution in [0.1, 0.15) is 11.1 Å². The molecule has 7 heteroatoms. The number of pyridine rings is 1. The van der Waals surface area contributed by atoms with E-state index < -0.39 is 0 Å². The zero-order valence-electron chi connectivity index (χ0n) is 15.3. The Morgan fingerprint density at radius 2 is 1.89 bits per heavy atom. The molecular formula is C21H17N5OS. The number of rotatable bonds is 3. The van der Waals surface area contributed by atoms with Crippen LogP contribution in [0, 0.1) is 13.8 Å². The molecule has 0 unspecified atom stereocenters. The third-order valence-electron chi connectivity index (χ3n) is 4.80. The molecule has 0 saturated heterocycles. The lowest BCUT2D eigenvalue weighted by atomic mass is 10.1. The van der Waals surface area contributed by atoms with Crippen LogP contribution >= 0.6 is 11.3 Å². The fourth-order valence-corrected chi connectivity index (χ4v) is 4.19. The van der Waals surface area contributed by atoms with Crippen molar-refractivity contribution in [3.05, 3.63) is 66.1 Å². The Balaban J connectivity index is 1.57. The molecule has 0 amide bonds. The number of imidazole rings is 1. The van der Waals surface area contributed by atoms with Crippen molar-refractivity contribution in [3.8, 4) is 16.3 Å². The Labute approximate surface area is 165 Å². The van der Waals surface area contributed by atoms with Gasteiger partial charge in [-0.15, -0.1) is 16.4 Å². The topological polar surface area (TPSA) is 75.3 Å². The molecule has 6 nitrogen and oxygen atoms in total. The molecule has 4 aromatic heterocycles. The summed E-state index contributed by atoms with van der Waals surface area (Å²) in [5.74, 6) is 0.924. The number of aromatic hydroxyl groups is 1. The summed E-state index contributed by atoms with van der Waals surface area (Å²) in [5, 5.41) is 19.0. The van der Waals surface area contributed by atoms with Gasteiger partial charge in [-0.05, 0) is 55.3 Å². The number of anilines is 2. The van der Waals surface area contributed by atoms with Gasteiger partial charge in [-0.1, -0.05) is 6.07 Å². The highest BCUT2D eigenvalue weighted by Gasteiger charge is 2.13. The second-order valence-electron chi connectivity index (χ2n) is 6.74. The van der Waals surface area contributed by atoms with Crippen LogP contribution in [0.25, 0.3) is 26.3 Å². The van der Waals surface area contributed by atoms with E-state index in [1.807, 2.05) is 28.8 Å². The molecule has 0 fully saturated rings. The third kappa shape index (κ3) is 2.76. The van der Waals surface area contributed by atoms with Crippen LogP contribution in [-0.4, -0.2) is 24.7 Å². The molecule has 0 aliphatic carbocycles. The second kappa shape index (κ2) is 6.31. The van der Waals surface area contributed by atoms with Crippen LogP contribution in [-0.2, 0) is 0 Å². The first-order chi connectivity index (χ1) is 13.6. The number of hydrogen-bond acceptors (Lipinski definition) is 6. The SMILES string of the molecule is Cc1ccc(Nc2ccc3ncc(-c4cc5cncc(O)c5s4)n3n2)cc1C. The van der Waals surface area contributed by atoms with Gasteiger partial charge in [-0.25, -0.2) is 9.50 Å². The zero-order chi connectivity index (χ0) is 19.3. The first-order valence-electron chi connectivity index (χ1n) is 8.84. The minimum atomic E-state index is 0.188. The van der Waals surface area contributed by atoms with Gasteiger partial charge in [0.05, 0.1) is 22.0 Å². The summed E-state index contributed by atoms with van der Waals surface area (Å²) in [6.45, 7) is 4.19. The molecule has 0 saturated carbocycles. The molecule has 1 aromatic carbocycles. The van der Waals surface area contributed by atoms with Crippen molar-refractivity contribution in [2.75, 3.05) is 5.32 Å². The summed E-state index contributed by atoms with van der Waals surface area (Å²) >= 11 is 1.50. The van der Waals surface area contributed by atoms with Crippen LogP contribution in [0.4, 0.5) is 11.5 Å². The molecule has 4 heterocycles. The van der Waals surface area contributed by atoms with Crippen LogP contribution < -0.4 is 5.32 Å². The Morgan fingerprint density at radius 3 is 2.71 bits per heavy atom. The van der Waals surface area contributed by atoms with Crippen LogP contribution in [0.3, 0.4) is 0 Å². The molecule has 5 rings (SSSR count). The van der Waals surface area contributed by atoms with E-state index in [-0.39, 0.29) is 5.75 Å². The fourth-order valence-electron chi connectivity index (χ4n) is 3.15. The molecular weight excluding hydrogens is 370 g/mol. The van der Waals surface area contributed by atoms with Crippen molar-refractivity contribution in [1.82, 2.24) is 19.6 Å². The zero-order valence-corrected chi connectivity index (χ0v) is 16.2. The Hall–Kier alpha value is -3.45. The number of aromatic nitrogens is 4. The van der Waals surface area contributed by atoms with Crippen molar-refractivity contribution in [1.29, 1.82) is 0 Å². The second-order valence-corrected chi connectivity index (χ2v) is 7.80. The maximum absolute atomic E-state index is 10.0. The van der Waals surface area contributed by atoms with Gasteiger partial charge in [0.1, 0.15) is 5.69 Å². The number of hydrogen-bond donors (Lipinski definition) is 2. The predicted molar refractivity (Wildman–Crippen MR) is 112 cm³/mol. The molecule has 0 atom stereocenters. The Kier molecular flexibility index (Phi) is 3.77. The highest BCUT2D eigenvalue weighted by Crippen LogP contribution is 2.37. The number of benzene rings is 1. The molecule has 0 spiro atoms. The fraction of sp³-hybridized carbons (Fsp3) is 0.0952. The van der Waals surface area contributed by atoms with E-state index in [2.05, 4.69) is 41.3 Å². The van der Waals surface area contributed by atoms with E-state index in [0.717, 1.165) is 37.8 Å². The van der Waals surface area contributed by atoms with Crippen molar-refractivity contribution in [3.63, 3.8) is 0 Å². The quantitative estimate of drug-likeness (QED) is 0.452. The van der Waals surface area contributed by atoms with Gasteiger partial charge in [-0.2, -0.15) is 0 Å². The monoisotopic (exact) mass is 387 g/mol. The van der Waals surface area contributed by atoms with Crippen LogP contribution in [0.5, 0.6) is 5.75 Å². The Bertz CT molecular complexity index is 1340. The van der Waals surface area contributed by atoms with Crippen molar-refractivity contribution in [2.45, 2.75) is 13.8 Å². The van der Waals surface area contributed by atoms with E-state index in [1.54, 1.807) is 12.4 Å². The maximum atomic E-state index is 10.0. The smallest absolute Gasteiger partial charge is 0.154 e. The standard InChI is InChI=1S/C21H17N5OS/c1-12-3-4-15(7-13(12)2)24-19-5-6-20-23-10-16(26(20)25-19)18-8-14-9-22-11-17(27)21(14)28-18/h3-11,27H,1-2H3,(H,24,25). The molecule has 28 heavy (non-hydrogen) atoms. The normalized spacial score (nSPS) is 11.4. The Morgan fingerprint density at radius 1 is 1.00 bits per heavy atom.